The molecule has 1 aromatic carbocycles. The lowest BCUT2D eigenvalue weighted by atomic mass is 10.1. The molecule has 0 N–H and O–H groups in total. The van der Waals surface area contributed by atoms with Gasteiger partial charge in [-0.1, -0.05) is 49.4 Å². The Hall–Kier alpha value is -1.25. The molecule has 1 rings (SSSR count). The van der Waals surface area contributed by atoms with Crippen molar-refractivity contribution in [1.82, 2.24) is 0 Å². The van der Waals surface area contributed by atoms with Crippen molar-refractivity contribution in [2.24, 2.45) is 5.92 Å². The zero-order valence-electron chi connectivity index (χ0n) is 7.75. The largest absolute Gasteiger partial charge is 0.394 e. The molecule has 0 aliphatic carbocycles. The fraction of sp³-hybridized carbons (Fsp3) is 0.273. The van der Waals surface area contributed by atoms with Crippen LogP contribution in [0.5, 0.6) is 0 Å². The minimum absolute atomic E-state index is 0.781. The predicted octanol–water partition coefficient (Wildman–Crippen LogP) is 3.90. The first kappa shape index (κ1) is 10.8. The third kappa shape index (κ3) is 3.24. The van der Waals surface area contributed by atoms with Crippen molar-refractivity contribution in [2.75, 3.05) is 0 Å². The van der Waals surface area contributed by atoms with Gasteiger partial charge < -0.3 is 0 Å². The topological polar surface area (TPSA) is 0 Å². The molecule has 1 atom stereocenters. The van der Waals surface area contributed by atoms with Gasteiger partial charge in [-0.15, -0.1) is 0 Å². The highest BCUT2D eigenvalue weighted by Crippen LogP contribution is 2.27. The SMILES string of the molecule is CC(/C=C/c1ccccc1)C(F)(F)F. The molecule has 0 aliphatic rings. The highest BCUT2D eigenvalue weighted by Gasteiger charge is 2.33. The summed E-state index contributed by atoms with van der Waals surface area (Å²) in [5, 5.41) is 0. The molecule has 0 aliphatic heterocycles. The van der Waals surface area contributed by atoms with Gasteiger partial charge >= 0.3 is 6.18 Å². The van der Waals surface area contributed by atoms with E-state index in [-0.39, 0.29) is 0 Å². The number of hydrogen-bond donors (Lipinski definition) is 0. The normalized spacial score (nSPS) is 14.6. The average molecular weight is 200 g/mol. The van der Waals surface area contributed by atoms with Crippen LogP contribution in [0.1, 0.15) is 12.5 Å². The summed E-state index contributed by atoms with van der Waals surface area (Å²) in [7, 11) is 0. The smallest absolute Gasteiger partial charge is 0.170 e. The second-order valence-corrected chi connectivity index (χ2v) is 3.10. The van der Waals surface area contributed by atoms with Gasteiger partial charge in [-0.3, -0.25) is 0 Å². The summed E-state index contributed by atoms with van der Waals surface area (Å²) in [6.45, 7) is 1.14. The van der Waals surface area contributed by atoms with Gasteiger partial charge in [-0.25, -0.2) is 0 Å². The van der Waals surface area contributed by atoms with Crippen LogP contribution in [-0.2, 0) is 0 Å². The highest BCUT2D eigenvalue weighted by molar-refractivity contribution is 5.48. The van der Waals surface area contributed by atoms with E-state index in [1.54, 1.807) is 24.3 Å². The van der Waals surface area contributed by atoms with Gasteiger partial charge in [-0.05, 0) is 5.56 Å². The Labute approximate surface area is 81.1 Å². The first-order valence-electron chi connectivity index (χ1n) is 4.30. The van der Waals surface area contributed by atoms with Crippen LogP contribution in [0, 0.1) is 5.92 Å². The Kier molecular flexibility index (Phi) is 3.33. The second kappa shape index (κ2) is 4.31. The molecule has 0 aromatic heterocycles. The fourth-order valence-electron chi connectivity index (χ4n) is 0.929. The average Bonchev–Trinajstić information content (AvgIpc) is 2.14. The molecule has 0 nitrogen and oxygen atoms in total. The summed E-state index contributed by atoms with van der Waals surface area (Å²) in [6.07, 6.45) is -1.50. The van der Waals surface area contributed by atoms with E-state index in [0.29, 0.717) is 0 Å². The monoisotopic (exact) mass is 200 g/mol. The van der Waals surface area contributed by atoms with Gasteiger partial charge in [0.15, 0.2) is 0 Å². The van der Waals surface area contributed by atoms with Gasteiger partial charge in [0.1, 0.15) is 0 Å². The van der Waals surface area contributed by atoms with Crippen LogP contribution in [0.25, 0.3) is 6.08 Å². The van der Waals surface area contributed by atoms with Crippen molar-refractivity contribution >= 4 is 6.08 Å². The molecule has 0 saturated heterocycles. The van der Waals surface area contributed by atoms with Crippen molar-refractivity contribution in [2.45, 2.75) is 13.1 Å². The lowest BCUT2D eigenvalue weighted by Gasteiger charge is -2.10. The Morgan fingerprint density at radius 2 is 1.71 bits per heavy atom. The Morgan fingerprint density at radius 3 is 2.21 bits per heavy atom. The summed E-state index contributed by atoms with van der Waals surface area (Å²) in [4.78, 5) is 0. The molecule has 0 heterocycles. The van der Waals surface area contributed by atoms with E-state index >= 15 is 0 Å². The maximum Gasteiger partial charge on any atom is 0.394 e. The fourth-order valence-corrected chi connectivity index (χ4v) is 0.929. The second-order valence-electron chi connectivity index (χ2n) is 3.10. The van der Waals surface area contributed by atoms with Gasteiger partial charge in [-0.2, -0.15) is 13.2 Å². The Bertz CT molecular complexity index is 298. The first-order valence-corrected chi connectivity index (χ1v) is 4.30. The number of allylic oxidation sites excluding steroid dienone is 1. The molecular weight excluding hydrogens is 189 g/mol. The van der Waals surface area contributed by atoms with E-state index in [0.717, 1.165) is 18.6 Å². The number of halogens is 3. The van der Waals surface area contributed by atoms with E-state index < -0.39 is 12.1 Å². The minimum atomic E-state index is -4.15. The summed E-state index contributed by atoms with van der Waals surface area (Å²) in [6, 6.07) is 8.93. The molecule has 0 spiro atoms. The summed E-state index contributed by atoms with van der Waals surface area (Å²) in [5.41, 5.74) is 0.781. The molecule has 3 heteroatoms. The van der Waals surface area contributed by atoms with Crippen LogP contribution < -0.4 is 0 Å². The Balaban J connectivity index is 2.66. The van der Waals surface area contributed by atoms with Crippen molar-refractivity contribution in [3.8, 4) is 0 Å². The quantitative estimate of drug-likeness (QED) is 0.679. The summed E-state index contributed by atoms with van der Waals surface area (Å²) >= 11 is 0. The summed E-state index contributed by atoms with van der Waals surface area (Å²) in [5.74, 6) is -1.40. The first-order chi connectivity index (χ1) is 6.50. The van der Waals surface area contributed by atoms with Crippen LogP contribution in [0.15, 0.2) is 36.4 Å². The molecule has 0 saturated carbocycles. The number of alkyl halides is 3. The van der Waals surface area contributed by atoms with Gasteiger partial charge in [0.2, 0.25) is 0 Å². The van der Waals surface area contributed by atoms with Crippen LogP contribution in [-0.4, -0.2) is 6.18 Å². The zero-order chi connectivity index (χ0) is 10.6. The van der Waals surface area contributed by atoms with E-state index in [1.165, 1.54) is 6.08 Å². The van der Waals surface area contributed by atoms with Crippen molar-refractivity contribution in [3.05, 3.63) is 42.0 Å². The van der Waals surface area contributed by atoms with Gasteiger partial charge in [0, 0.05) is 0 Å². The molecular formula is C11H11F3. The molecule has 0 bridgehead atoms. The van der Waals surface area contributed by atoms with E-state index in [2.05, 4.69) is 0 Å². The summed E-state index contributed by atoms with van der Waals surface area (Å²) < 4.78 is 36.3. The minimum Gasteiger partial charge on any atom is -0.170 e. The molecule has 0 fully saturated rings. The van der Waals surface area contributed by atoms with Crippen molar-refractivity contribution in [3.63, 3.8) is 0 Å². The van der Waals surface area contributed by atoms with Gasteiger partial charge in [0.25, 0.3) is 0 Å². The molecule has 0 amide bonds. The van der Waals surface area contributed by atoms with Crippen LogP contribution >= 0.6 is 0 Å². The van der Waals surface area contributed by atoms with E-state index in [1.807, 2.05) is 6.07 Å². The third-order valence-electron chi connectivity index (χ3n) is 1.89. The van der Waals surface area contributed by atoms with Crippen molar-refractivity contribution < 1.29 is 13.2 Å². The standard InChI is InChI=1S/C11H11F3/c1-9(11(12,13)14)7-8-10-5-3-2-4-6-10/h2-9H,1H3/b8-7+. The van der Waals surface area contributed by atoms with E-state index in [4.69, 9.17) is 0 Å². The number of benzene rings is 1. The lowest BCUT2D eigenvalue weighted by Crippen LogP contribution is -2.17. The lowest BCUT2D eigenvalue weighted by molar-refractivity contribution is -0.156. The zero-order valence-corrected chi connectivity index (χ0v) is 7.75. The highest BCUT2D eigenvalue weighted by atomic mass is 19.4. The van der Waals surface area contributed by atoms with E-state index in [9.17, 15) is 13.2 Å². The molecule has 1 aromatic rings. The number of hydrogen-bond acceptors (Lipinski definition) is 0. The molecule has 0 radical (unpaired) electrons. The molecule has 76 valence electrons. The van der Waals surface area contributed by atoms with Crippen LogP contribution in [0.3, 0.4) is 0 Å². The van der Waals surface area contributed by atoms with Crippen LogP contribution in [0.4, 0.5) is 13.2 Å². The van der Waals surface area contributed by atoms with Crippen LogP contribution in [0.2, 0.25) is 0 Å². The molecule has 1 unspecified atom stereocenters. The molecule has 14 heavy (non-hydrogen) atoms. The number of rotatable bonds is 2. The Morgan fingerprint density at radius 1 is 1.14 bits per heavy atom. The maximum absolute atomic E-state index is 12.1. The third-order valence-corrected chi connectivity index (χ3v) is 1.89. The van der Waals surface area contributed by atoms with Crippen molar-refractivity contribution in [1.29, 1.82) is 0 Å². The maximum atomic E-state index is 12.1. The predicted molar refractivity (Wildman–Crippen MR) is 50.7 cm³/mol. The van der Waals surface area contributed by atoms with Gasteiger partial charge in [0.05, 0.1) is 5.92 Å².